The van der Waals surface area contributed by atoms with Crippen LogP contribution >= 0.6 is 11.6 Å². The van der Waals surface area contributed by atoms with E-state index < -0.39 is 0 Å². The van der Waals surface area contributed by atoms with E-state index in [1.807, 2.05) is 18.7 Å². The smallest absolute Gasteiger partial charge is 0.0846 e. The summed E-state index contributed by atoms with van der Waals surface area (Å²) in [7, 11) is 1.99. The van der Waals surface area contributed by atoms with Crippen LogP contribution in [-0.4, -0.2) is 22.4 Å². The Bertz CT molecular complexity index is 396. The second-order valence-corrected chi connectivity index (χ2v) is 5.78. The molecular weight excluding hydrogens is 246 g/mol. The van der Waals surface area contributed by atoms with Crippen LogP contribution in [0.5, 0.6) is 0 Å². The van der Waals surface area contributed by atoms with Crippen LogP contribution < -0.4 is 5.32 Å². The van der Waals surface area contributed by atoms with Gasteiger partial charge in [0, 0.05) is 13.1 Å². The molecule has 1 saturated carbocycles. The zero-order valence-corrected chi connectivity index (χ0v) is 12.4. The highest BCUT2D eigenvalue weighted by Gasteiger charge is 2.30. The Kier molecular flexibility index (Phi) is 4.68. The van der Waals surface area contributed by atoms with Crippen molar-refractivity contribution in [3.8, 4) is 0 Å². The van der Waals surface area contributed by atoms with Gasteiger partial charge in [0.25, 0.3) is 0 Å². The van der Waals surface area contributed by atoms with Gasteiger partial charge in [-0.25, -0.2) is 0 Å². The number of hydrogen-bond donors (Lipinski definition) is 1. The van der Waals surface area contributed by atoms with Crippen LogP contribution in [0.2, 0.25) is 5.02 Å². The van der Waals surface area contributed by atoms with Gasteiger partial charge in [-0.3, -0.25) is 4.68 Å². The molecule has 0 bridgehead atoms. The first-order valence-electron chi connectivity index (χ1n) is 7.04. The molecule has 1 fully saturated rings. The summed E-state index contributed by atoms with van der Waals surface area (Å²) in [6.45, 7) is 5.32. The maximum atomic E-state index is 6.29. The molecule has 1 unspecified atom stereocenters. The van der Waals surface area contributed by atoms with Gasteiger partial charge in [0.05, 0.1) is 16.4 Å². The van der Waals surface area contributed by atoms with Crippen LogP contribution in [0.4, 0.5) is 0 Å². The lowest BCUT2D eigenvalue weighted by Crippen LogP contribution is -2.32. The second-order valence-electron chi connectivity index (χ2n) is 5.41. The normalized spacial score (nSPS) is 17.1. The van der Waals surface area contributed by atoms with Gasteiger partial charge in [-0.05, 0) is 51.5 Å². The van der Waals surface area contributed by atoms with Crippen molar-refractivity contribution in [1.29, 1.82) is 0 Å². The van der Waals surface area contributed by atoms with Gasteiger partial charge >= 0.3 is 0 Å². The summed E-state index contributed by atoms with van der Waals surface area (Å²) in [4.78, 5) is 0. The molecule has 1 heterocycles. The first-order chi connectivity index (χ1) is 8.63. The fourth-order valence-electron chi connectivity index (χ4n) is 2.58. The Hall–Kier alpha value is -0.540. The second kappa shape index (κ2) is 6.07. The monoisotopic (exact) mass is 269 g/mol. The number of nitrogens with one attached hydrogen (secondary N) is 1. The van der Waals surface area contributed by atoms with E-state index in [1.165, 1.54) is 31.4 Å². The summed E-state index contributed by atoms with van der Waals surface area (Å²) in [5.74, 6) is 0.893. The zero-order valence-electron chi connectivity index (χ0n) is 11.7. The average Bonchev–Trinajstić information content (AvgIpc) is 3.13. The molecule has 0 radical (unpaired) electrons. The van der Waals surface area contributed by atoms with E-state index in [9.17, 15) is 0 Å². The number of aromatic nitrogens is 2. The van der Waals surface area contributed by atoms with E-state index in [-0.39, 0.29) is 0 Å². The highest BCUT2D eigenvalue weighted by Crippen LogP contribution is 2.35. The third kappa shape index (κ3) is 3.27. The predicted molar refractivity (Wildman–Crippen MR) is 76.1 cm³/mol. The highest BCUT2D eigenvalue weighted by molar-refractivity contribution is 6.31. The minimum Gasteiger partial charge on any atom is -0.314 e. The summed E-state index contributed by atoms with van der Waals surface area (Å²) in [6.07, 6.45) is 6.17. The lowest BCUT2D eigenvalue weighted by atomic mass is 10.0. The first-order valence-corrected chi connectivity index (χ1v) is 7.42. The number of halogens is 1. The van der Waals surface area contributed by atoms with E-state index in [2.05, 4.69) is 17.3 Å². The first kappa shape index (κ1) is 13.9. The summed E-state index contributed by atoms with van der Waals surface area (Å²) < 4.78 is 1.93. The molecular formula is C14H24ClN3. The average molecular weight is 270 g/mol. The Balaban J connectivity index is 1.92. The van der Waals surface area contributed by atoms with Gasteiger partial charge in [0.1, 0.15) is 0 Å². The van der Waals surface area contributed by atoms with E-state index in [4.69, 9.17) is 11.6 Å². The molecule has 0 spiro atoms. The van der Waals surface area contributed by atoms with Crippen LogP contribution in [0, 0.1) is 12.8 Å². The standard InChI is InChI=1S/C14H24ClN3/c1-4-9-16-12(11-5-6-11)7-8-13-14(15)10(2)17-18(13)3/h11-12,16H,4-9H2,1-3H3. The Morgan fingerprint density at radius 3 is 2.72 bits per heavy atom. The van der Waals surface area contributed by atoms with E-state index in [0.29, 0.717) is 6.04 Å². The Morgan fingerprint density at radius 1 is 1.50 bits per heavy atom. The molecule has 1 N–H and O–H groups in total. The third-order valence-corrected chi connectivity index (χ3v) is 4.29. The number of aryl methyl sites for hydroxylation is 2. The quantitative estimate of drug-likeness (QED) is 0.824. The molecule has 1 aromatic rings. The van der Waals surface area contributed by atoms with Crippen LogP contribution in [0.25, 0.3) is 0 Å². The lowest BCUT2D eigenvalue weighted by molar-refractivity contribution is 0.431. The summed E-state index contributed by atoms with van der Waals surface area (Å²) in [5, 5.41) is 8.90. The fourth-order valence-corrected chi connectivity index (χ4v) is 2.83. The predicted octanol–water partition coefficient (Wildman–Crippen LogP) is 3.09. The maximum Gasteiger partial charge on any atom is 0.0846 e. The summed E-state index contributed by atoms with van der Waals surface area (Å²) in [5.41, 5.74) is 2.12. The maximum absolute atomic E-state index is 6.29. The topological polar surface area (TPSA) is 29.9 Å². The van der Waals surface area contributed by atoms with Crippen molar-refractivity contribution in [2.24, 2.45) is 13.0 Å². The molecule has 0 aliphatic heterocycles. The van der Waals surface area contributed by atoms with Crippen LogP contribution in [0.15, 0.2) is 0 Å². The van der Waals surface area contributed by atoms with Gasteiger partial charge in [0.2, 0.25) is 0 Å². The van der Waals surface area contributed by atoms with Crippen molar-refractivity contribution in [2.45, 2.75) is 52.0 Å². The van der Waals surface area contributed by atoms with Gasteiger partial charge in [-0.1, -0.05) is 18.5 Å². The minimum absolute atomic E-state index is 0.663. The lowest BCUT2D eigenvalue weighted by Gasteiger charge is -2.18. The highest BCUT2D eigenvalue weighted by atomic mass is 35.5. The van der Waals surface area contributed by atoms with Crippen molar-refractivity contribution in [3.63, 3.8) is 0 Å². The molecule has 1 aliphatic carbocycles. The van der Waals surface area contributed by atoms with Crippen molar-refractivity contribution in [1.82, 2.24) is 15.1 Å². The largest absolute Gasteiger partial charge is 0.314 e. The molecule has 2 rings (SSSR count). The van der Waals surface area contributed by atoms with Crippen molar-refractivity contribution < 1.29 is 0 Å². The van der Waals surface area contributed by atoms with Crippen molar-refractivity contribution in [3.05, 3.63) is 16.4 Å². The molecule has 3 nitrogen and oxygen atoms in total. The molecule has 0 saturated heterocycles. The molecule has 1 aliphatic rings. The van der Waals surface area contributed by atoms with Gasteiger partial charge < -0.3 is 5.32 Å². The Morgan fingerprint density at radius 2 is 2.22 bits per heavy atom. The zero-order chi connectivity index (χ0) is 13.1. The van der Waals surface area contributed by atoms with Crippen LogP contribution in [0.3, 0.4) is 0 Å². The number of hydrogen-bond acceptors (Lipinski definition) is 2. The van der Waals surface area contributed by atoms with Gasteiger partial charge in [-0.2, -0.15) is 5.10 Å². The van der Waals surface area contributed by atoms with E-state index >= 15 is 0 Å². The van der Waals surface area contributed by atoms with E-state index in [1.54, 1.807) is 0 Å². The van der Waals surface area contributed by atoms with Crippen molar-refractivity contribution >= 4 is 11.6 Å². The fraction of sp³-hybridized carbons (Fsp3) is 0.786. The molecule has 0 amide bonds. The number of rotatable bonds is 7. The SMILES string of the molecule is CCCNC(CCc1c(Cl)c(C)nn1C)C1CC1. The molecule has 1 aromatic heterocycles. The summed E-state index contributed by atoms with van der Waals surface area (Å²) >= 11 is 6.29. The molecule has 1 atom stereocenters. The van der Waals surface area contributed by atoms with Crippen LogP contribution in [0.1, 0.15) is 44.0 Å². The summed E-state index contributed by atoms with van der Waals surface area (Å²) in [6, 6.07) is 0.663. The number of nitrogens with zero attached hydrogens (tertiary/aromatic N) is 2. The Labute approximate surface area is 115 Å². The molecule has 18 heavy (non-hydrogen) atoms. The van der Waals surface area contributed by atoms with Gasteiger partial charge in [-0.15, -0.1) is 0 Å². The molecule has 102 valence electrons. The van der Waals surface area contributed by atoms with Crippen molar-refractivity contribution in [2.75, 3.05) is 6.54 Å². The molecule has 0 aromatic carbocycles. The van der Waals surface area contributed by atoms with Gasteiger partial charge in [0.15, 0.2) is 0 Å². The third-order valence-electron chi connectivity index (χ3n) is 3.80. The van der Waals surface area contributed by atoms with Crippen LogP contribution in [-0.2, 0) is 13.5 Å². The molecule has 4 heteroatoms. The minimum atomic E-state index is 0.663. The van der Waals surface area contributed by atoms with E-state index in [0.717, 1.165) is 29.6 Å².